The van der Waals surface area contributed by atoms with Gasteiger partial charge in [0.2, 0.25) is 0 Å². The fraction of sp³-hybridized carbons (Fsp3) is 0.333. The molecule has 9 nitrogen and oxygen atoms in total. The number of hydrogen-bond acceptors (Lipinski definition) is 8. The van der Waals surface area contributed by atoms with Crippen LogP contribution in [0.3, 0.4) is 0 Å². The fourth-order valence-electron chi connectivity index (χ4n) is 5.44. The van der Waals surface area contributed by atoms with Gasteiger partial charge in [0, 0.05) is 44.2 Å². The summed E-state index contributed by atoms with van der Waals surface area (Å²) >= 11 is 0. The van der Waals surface area contributed by atoms with E-state index in [0.29, 0.717) is 47.7 Å². The third-order valence-electron chi connectivity index (χ3n) is 7.31. The monoisotopic (exact) mass is 527 g/mol. The van der Waals surface area contributed by atoms with Crippen LogP contribution in [0.1, 0.15) is 72.8 Å². The van der Waals surface area contributed by atoms with Crippen molar-refractivity contribution >= 4 is 28.7 Å². The molecular weight excluding hydrogens is 498 g/mol. The van der Waals surface area contributed by atoms with Gasteiger partial charge in [0.15, 0.2) is 11.6 Å². The molecule has 2 aromatic carbocycles. The number of nitrogens with zero attached hydrogens (tertiary/aromatic N) is 3. The van der Waals surface area contributed by atoms with E-state index < -0.39 is 4.92 Å². The average molecular weight is 528 g/mol. The predicted octanol–water partition coefficient (Wildman–Crippen LogP) is 6.40. The van der Waals surface area contributed by atoms with Crippen molar-refractivity contribution in [2.24, 2.45) is 10.4 Å². The SMILES string of the molecule is CC1(C)CC(=O)c2c(CCC(O)=C3C(=O)CC(c4ccccc4)CC3=Nc3ccc([N+](=O)[O-])cc3)noc2C1. The number of hydrogen-bond donors (Lipinski definition) is 1. The Hall–Kier alpha value is -4.40. The second-order valence-corrected chi connectivity index (χ2v) is 11.0. The average Bonchev–Trinajstić information content (AvgIpc) is 3.30. The maximum atomic E-state index is 13.4. The number of fused-ring (bicyclic) bond motifs is 1. The van der Waals surface area contributed by atoms with Crippen LogP contribution >= 0.6 is 0 Å². The molecule has 3 aromatic rings. The Morgan fingerprint density at radius 3 is 2.49 bits per heavy atom. The van der Waals surface area contributed by atoms with Crippen LogP contribution in [0.25, 0.3) is 0 Å². The number of non-ortho nitro benzene ring substituents is 1. The topological polar surface area (TPSA) is 136 Å². The number of allylic oxidation sites excluding steroid dienone is 2. The zero-order valence-electron chi connectivity index (χ0n) is 21.8. The first-order valence-electron chi connectivity index (χ1n) is 12.9. The van der Waals surface area contributed by atoms with E-state index in [0.717, 1.165) is 5.56 Å². The van der Waals surface area contributed by atoms with Gasteiger partial charge in [-0.15, -0.1) is 0 Å². The third-order valence-corrected chi connectivity index (χ3v) is 7.31. The second-order valence-electron chi connectivity index (χ2n) is 11.0. The molecule has 1 fully saturated rings. The van der Waals surface area contributed by atoms with Crippen LogP contribution in [0.5, 0.6) is 0 Å². The van der Waals surface area contributed by atoms with Gasteiger partial charge in [-0.3, -0.25) is 24.7 Å². The van der Waals surface area contributed by atoms with E-state index in [4.69, 9.17) is 4.52 Å². The van der Waals surface area contributed by atoms with Gasteiger partial charge in [-0.2, -0.15) is 0 Å². The van der Waals surface area contributed by atoms with E-state index in [1.807, 2.05) is 44.2 Å². The Bertz CT molecular complexity index is 1500. The molecule has 0 bridgehead atoms. The van der Waals surface area contributed by atoms with E-state index in [9.17, 15) is 24.8 Å². The first kappa shape index (κ1) is 26.2. The molecular formula is C30H29N3O6. The maximum Gasteiger partial charge on any atom is 0.269 e. The van der Waals surface area contributed by atoms with Crippen LogP contribution in [-0.4, -0.2) is 32.5 Å². The number of benzene rings is 2. The van der Waals surface area contributed by atoms with Crippen LogP contribution in [-0.2, 0) is 17.6 Å². The Morgan fingerprint density at radius 2 is 1.79 bits per heavy atom. The molecule has 200 valence electrons. The van der Waals surface area contributed by atoms with Gasteiger partial charge < -0.3 is 9.63 Å². The number of carbonyl (C=O) groups excluding carboxylic acids is 2. The summed E-state index contributed by atoms with van der Waals surface area (Å²) < 4.78 is 5.47. The quantitative estimate of drug-likeness (QED) is 0.169. The van der Waals surface area contributed by atoms with Gasteiger partial charge >= 0.3 is 0 Å². The smallest absolute Gasteiger partial charge is 0.269 e. The Labute approximate surface area is 225 Å². The summed E-state index contributed by atoms with van der Waals surface area (Å²) in [5.41, 5.74) is 2.74. The first-order chi connectivity index (χ1) is 18.6. The zero-order valence-corrected chi connectivity index (χ0v) is 21.8. The first-order valence-corrected chi connectivity index (χ1v) is 12.9. The summed E-state index contributed by atoms with van der Waals surface area (Å²) in [4.78, 5) is 41.4. The number of aromatic nitrogens is 1. The normalized spacial score (nSPS) is 21.1. The molecule has 5 rings (SSSR count). The Kier molecular flexibility index (Phi) is 6.99. The number of aliphatic hydroxyl groups is 1. The Balaban J connectivity index is 1.46. The minimum atomic E-state index is -0.488. The molecule has 1 unspecified atom stereocenters. The highest BCUT2D eigenvalue weighted by atomic mass is 16.6. The lowest BCUT2D eigenvalue weighted by atomic mass is 9.76. The highest BCUT2D eigenvalue weighted by Gasteiger charge is 2.37. The molecule has 39 heavy (non-hydrogen) atoms. The van der Waals surface area contributed by atoms with Gasteiger partial charge in [0.1, 0.15) is 11.5 Å². The number of nitro groups is 1. The molecule has 1 atom stereocenters. The fourth-order valence-corrected chi connectivity index (χ4v) is 5.44. The largest absolute Gasteiger partial charge is 0.511 e. The van der Waals surface area contributed by atoms with Crippen LogP contribution in [0, 0.1) is 15.5 Å². The van der Waals surface area contributed by atoms with Crippen molar-refractivity contribution in [2.45, 2.75) is 58.3 Å². The number of nitro benzene ring substituents is 1. The molecule has 0 spiro atoms. The van der Waals surface area contributed by atoms with E-state index in [1.165, 1.54) is 24.3 Å². The number of rotatable bonds is 6. The minimum Gasteiger partial charge on any atom is -0.511 e. The number of ketones is 2. The molecule has 0 amide bonds. The zero-order chi connectivity index (χ0) is 27.7. The van der Waals surface area contributed by atoms with Crippen molar-refractivity contribution in [2.75, 3.05) is 0 Å². The maximum absolute atomic E-state index is 13.4. The molecule has 0 aliphatic heterocycles. The summed E-state index contributed by atoms with van der Waals surface area (Å²) in [5.74, 6) is 0.0825. The molecule has 2 aliphatic carbocycles. The molecule has 0 saturated heterocycles. The molecule has 1 heterocycles. The predicted molar refractivity (Wildman–Crippen MR) is 145 cm³/mol. The molecule has 1 N–H and O–H groups in total. The second kappa shape index (κ2) is 10.4. The van der Waals surface area contributed by atoms with Crippen LogP contribution in [0.4, 0.5) is 11.4 Å². The van der Waals surface area contributed by atoms with Crippen LogP contribution < -0.4 is 0 Å². The molecule has 1 aromatic heterocycles. The van der Waals surface area contributed by atoms with Crippen molar-refractivity contribution in [3.05, 3.63) is 98.6 Å². The number of aliphatic imine (C=N–C) groups is 1. The lowest BCUT2D eigenvalue weighted by molar-refractivity contribution is -0.384. The number of aryl methyl sites for hydroxylation is 1. The van der Waals surface area contributed by atoms with Crippen molar-refractivity contribution in [1.82, 2.24) is 5.16 Å². The molecule has 1 saturated carbocycles. The standard InChI is InChI=1S/C30H29N3O6/c1-30(2)16-26(36)29-22(32-39-27(29)17-30)12-13-24(34)28-23(31-20-8-10-21(11-9-20)33(37)38)14-19(15-25(28)35)18-6-4-3-5-7-18/h3-11,19,34H,12-17H2,1-2H3. The number of Topliss-reactive ketones (excluding diaryl/α,β-unsaturated/α-hetero) is 2. The van der Waals surface area contributed by atoms with Crippen molar-refractivity contribution in [3.63, 3.8) is 0 Å². The van der Waals surface area contributed by atoms with Gasteiger partial charge in [-0.05, 0) is 35.4 Å². The lowest BCUT2D eigenvalue weighted by Gasteiger charge is -2.27. The minimum absolute atomic E-state index is 0.0236. The summed E-state index contributed by atoms with van der Waals surface area (Å²) in [5, 5.41) is 26.3. The third kappa shape index (κ3) is 5.57. The highest BCUT2D eigenvalue weighted by Crippen LogP contribution is 2.38. The van der Waals surface area contributed by atoms with Gasteiger partial charge in [0.25, 0.3) is 5.69 Å². The summed E-state index contributed by atoms with van der Waals surface area (Å²) in [7, 11) is 0. The Morgan fingerprint density at radius 1 is 1.08 bits per heavy atom. The van der Waals surface area contributed by atoms with Gasteiger partial charge in [-0.1, -0.05) is 49.3 Å². The van der Waals surface area contributed by atoms with Crippen LogP contribution in [0.2, 0.25) is 0 Å². The number of aliphatic hydroxyl groups excluding tert-OH is 1. The van der Waals surface area contributed by atoms with E-state index in [-0.39, 0.29) is 59.2 Å². The summed E-state index contributed by atoms with van der Waals surface area (Å²) in [6.07, 6.45) is 1.97. The summed E-state index contributed by atoms with van der Waals surface area (Å²) in [6.45, 7) is 4.02. The summed E-state index contributed by atoms with van der Waals surface area (Å²) in [6, 6.07) is 15.4. The van der Waals surface area contributed by atoms with E-state index in [1.54, 1.807) is 0 Å². The van der Waals surface area contributed by atoms with Crippen molar-refractivity contribution < 1.29 is 24.1 Å². The molecule has 9 heteroatoms. The van der Waals surface area contributed by atoms with E-state index >= 15 is 0 Å². The van der Waals surface area contributed by atoms with E-state index in [2.05, 4.69) is 10.1 Å². The van der Waals surface area contributed by atoms with Crippen molar-refractivity contribution in [3.8, 4) is 0 Å². The van der Waals surface area contributed by atoms with Crippen LogP contribution in [0.15, 0.2) is 75.4 Å². The van der Waals surface area contributed by atoms with Gasteiger partial charge in [0.05, 0.1) is 33.2 Å². The van der Waals surface area contributed by atoms with Crippen molar-refractivity contribution in [1.29, 1.82) is 0 Å². The highest BCUT2D eigenvalue weighted by molar-refractivity contribution is 6.25. The number of carbonyl (C=O) groups is 2. The van der Waals surface area contributed by atoms with Gasteiger partial charge in [-0.25, -0.2) is 0 Å². The molecule has 2 aliphatic rings. The molecule has 0 radical (unpaired) electrons. The lowest BCUT2D eigenvalue weighted by Crippen LogP contribution is -2.27.